The molecule has 134 valence electrons. The summed E-state index contributed by atoms with van der Waals surface area (Å²) in [5, 5.41) is 0. The van der Waals surface area contributed by atoms with E-state index in [9.17, 15) is 52.7 Å². The van der Waals surface area contributed by atoms with Gasteiger partial charge >= 0.3 is 24.7 Å². The van der Waals surface area contributed by atoms with Gasteiger partial charge in [0.2, 0.25) is 0 Å². The van der Waals surface area contributed by atoms with Crippen LogP contribution in [0.25, 0.3) is 0 Å². The molecule has 1 aliphatic rings. The molecule has 1 aliphatic carbocycles. The normalized spacial score (nSPS) is 22.6. The van der Waals surface area contributed by atoms with E-state index in [4.69, 9.17) is 0 Å². The standard InChI is InChI=1S/C11H6F12/c1-2-4-3-5(6(8(12,13)14)9(15,16)17)7(4,10(18,19)20)11(21,22)23/h2,4H,1,3H2. The molecule has 0 radical (unpaired) electrons. The van der Waals surface area contributed by atoms with Crippen molar-refractivity contribution < 1.29 is 52.7 Å². The maximum absolute atomic E-state index is 12.9. The van der Waals surface area contributed by atoms with Gasteiger partial charge in [0.15, 0.2) is 5.41 Å². The van der Waals surface area contributed by atoms with Crippen molar-refractivity contribution in [2.45, 2.75) is 31.1 Å². The van der Waals surface area contributed by atoms with Crippen LogP contribution in [0.3, 0.4) is 0 Å². The fraction of sp³-hybridized carbons (Fsp3) is 0.636. The topological polar surface area (TPSA) is 0 Å². The zero-order valence-corrected chi connectivity index (χ0v) is 10.6. The molecule has 1 atom stereocenters. The maximum Gasteiger partial charge on any atom is 0.421 e. The summed E-state index contributed by atoms with van der Waals surface area (Å²) >= 11 is 0. The van der Waals surface area contributed by atoms with Crippen LogP contribution >= 0.6 is 0 Å². The van der Waals surface area contributed by atoms with Crippen LogP contribution in [0.5, 0.6) is 0 Å². The van der Waals surface area contributed by atoms with E-state index in [0.717, 1.165) is 0 Å². The molecule has 0 saturated heterocycles. The van der Waals surface area contributed by atoms with E-state index in [1.165, 1.54) is 0 Å². The Morgan fingerprint density at radius 3 is 1.39 bits per heavy atom. The predicted molar refractivity (Wildman–Crippen MR) is 52.0 cm³/mol. The SMILES string of the molecule is C=CC1CC(=C(C(F)(F)F)C(F)(F)F)C1(C(F)(F)F)C(F)(F)F. The van der Waals surface area contributed by atoms with E-state index in [-0.39, 0.29) is 6.08 Å². The summed E-state index contributed by atoms with van der Waals surface area (Å²) < 4.78 is 153. The van der Waals surface area contributed by atoms with Crippen LogP contribution in [-0.2, 0) is 0 Å². The van der Waals surface area contributed by atoms with E-state index in [2.05, 4.69) is 6.58 Å². The monoisotopic (exact) mass is 366 g/mol. The zero-order valence-electron chi connectivity index (χ0n) is 10.6. The van der Waals surface area contributed by atoms with Crippen LogP contribution in [0.15, 0.2) is 23.8 Å². The lowest BCUT2D eigenvalue weighted by Gasteiger charge is -2.52. The van der Waals surface area contributed by atoms with Crippen LogP contribution < -0.4 is 0 Å². The Bertz CT molecular complexity index is 479. The van der Waals surface area contributed by atoms with E-state index in [0.29, 0.717) is 0 Å². The van der Waals surface area contributed by atoms with Gasteiger partial charge in [-0.3, -0.25) is 0 Å². The minimum absolute atomic E-state index is 0.0504. The molecule has 1 fully saturated rings. The Labute approximate surface area is 120 Å². The smallest absolute Gasteiger partial charge is 0.170 e. The Kier molecular flexibility index (Phi) is 4.34. The van der Waals surface area contributed by atoms with Gasteiger partial charge in [-0.05, 0) is 12.0 Å². The molecule has 1 unspecified atom stereocenters. The van der Waals surface area contributed by atoms with Crippen molar-refractivity contribution in [3.63, 3.8) is 0 Å². The van der Waals surface area contributed by atoms with Crippen molar-refractivity contribution in [2.75, 3.05) is 0 Å². The molecule has 0 aromatic rings. The predicted octanol–water partition coefficient (Wildman–Crippen LogP) is 5.72. The van der Waals surface area contributed by atoms with Crippen LogP contribution in [0.4, 0.5) is 52.7 Å². The second kappa shape index (κ2) is 5.07. The Morgan fingerprint density at radius 2 is 1.17 bits per heavy atom. The fourth-order valence-corrected chi connectivity index (χ4v) is 2.61. The second-order valence-electron chi connectivity index (χ2n) is 4.70. The minimum Gasteiger partial charge on any atom is -0.170 e. The molecule has 0 N–H and O–H groups in total. The van der Waals surface area contributed by atoms with Gasteiger partial charge < -0.3 is 0 Å². The molecule has 1 rings (SSSR count). The average Bonchev–Trinajstić information content (AvgIpc) is 2.14. The Hall–Kier alpha value is -1.36. The molecule has 0 heterocycles. The minimum atomic E-state index is -6.43. The lowest BCUT2D eigenvalue weighted by molar-refractivity contribution is -0.356. The van der Waals surface area contributed by atoms with Crippen molar-refractivity contribution in [2.24, 2.45) is 11.3 Å². The third-order valence-corrected chi connectivity index (χ3v) is 3.50. The summed E-state index contributed by atoms with van der Waals surface area (Å²) in [4.78, 5) is 0. The summed E-state index contributed by atoms with van der Waals surface area (Å²) in [5.41, 5.74) is -11.8. The zero-order chi connectivity index (χ0) is 18.6. The highest BCUT2D eigenvalue weighted by molar-refractivity contribution is 5.42. The highest BCUT2D eigenvalue weighted by atomic mass is 19.4. The number of halogens is 12. The first-order chi connectivity index (χ1) is 9.92. The van der Waals surface area contributed by atoms with Crippen LogP contribution in [0.2, 0.25) is 0 Å². The number of hydrogen-bond donors (Lipinski definition) is 0. The molecule has 0 amide bonds. The van der Waals surface area contributed by atoms with E-state index in [1.807, 2.05) is 0 Å². The highest BCUT2D eigenvalue weighted by Gasteiger charge is 2.81. The lowest BCUT2D eigenvalue weighted by atomic mass is 9.53. The van der Waals surface area contributed by atoms with Crippen molar-refractivity contribution in [3.8, 4) is 0 Å². The first-order valence-electron chi connectivity index (χ1n) is 5.56. The Balaban J connectivity index is 3.90. The molecule has 0 aromatic carbocycles. The van der Waals surface area contributed by atoms with Crippen LogP contribution in [0.1, 0.15) is 6.42 Å². The van der Waals surface area contributed by atoms with Crippen LogP contribution in [-0.4, -0.2) is 24.7 Å². The van der Waals surface area contributed by atoms with Gasteiger partial charge in [0.05, 0.1) is 0 Å². The molecular formula is C11H6F12. The summed E-state index contributed by atoms with van der Waals surface area (Å²) in [7, 11) is 0. The quantitative estimate of drug-likeness (QED) is 0.411. The summed E-state index contributed by atoms with van der Waals surface area (Å²) in [6.45, 7) is 2.64. The van der Waals surface area contributed by atoms with Crippen molar-refractivity contribution >= 4 is 0 Å². The van der Waals surface area contributed by atoms with E-state index >= 15 is 0 Å². The fourth-order valence-electron chi connectivity index (χ4n) is 2.61. The van der Waals surface area contributed by atoms with Gasteiger partial charge in [-0.15, -0.1) is 6.58 Å². The molecule has 0 nitrogen and oxygen atoms in total. The van der Waals surface area contributed by atoms with Gasteiger partial charge in [-0.25, -0.2) is 0 Å². The first kappa shape index (κ1) is 19.7. The maximum atomic E-state index is 12.9. The Morgan fingerprint density at radius 1 is 0.826 bits per heavy atom. The van der Waals surface area contributed by atoms with Crippen LogP contribution in [0, 0.1) is 11.3 Å². The molecule has 0 aliphatic heterocycles. The molecule has 1 saturated carbocycles. The van der Waals surface area contributed by atoms with Crippen molar-refractivity contribution in [1.29, 1.82) is 0 Å². The number of alkyl halides is 12. The molecule has 12 heteroatoms. The summed E-state index contributed by atoms with van der Waals surface area (Å²) in [5.74, 6) is -2.68. The first-order valence-corrected chi connectivity index (χ1v) is 5.56. The van der Waals surface area contributed by atoms with Gasteiger partial charge in [-0.2, -0.15) is 52.7 Å². The summed E-state index contributed by atoms with van der Waals surface area (Å²) in [6, 6.07) is 0. The molecular weight excluding hydrogens is 360 g/mol. The van der Waals surface area contributed by atoms with Gasteiger partial charge in [0, 0.05) is 5.92 Å². The number of rotatable bonds is 1. The summed E-state index contributed by atoms with van der Waals surface area (Å²) in [6.07, 6.45) is -27.3. The van der Waals surface area contributed by atoms with E-state index in [1.54, 1.807) is 0 Å². The van der Waals surface area contributed by atoms with Gasteiger partial charge in [-0.1, -0.05) is 6.08 Å². The average molecular weight is 366 g/mol. The van der Waals surface area contributed by atoms with Gasteiger partial charge in [0.25, 0.3) is 0 Å². The van der Waals surface area contributed by atoms with Gasteiger partial charge in [0.1, 0.15) is 5.57 Å². The second-order valence-corrected chi connectivity index (χ2v) is 4.70. The third kappa shape index (κ3) is 2.80. The molecule has 23 heavy (non-hydrogen) atoms. The number of allylic oxidation sites excluding steroid dienone is 3. The molecule has 0 spiro atoms. The largest absolute Gasteiger partial charge is 0.421 e. The van der Waals surface area contributed by atoms with Crippen molar-refractivity contribution in [3.05, 3.63) is 23.8 Å². The highest BCUT2D eigenvalue weighted by Crippen LogP contribution is 2.70. The molecule has 0 bridgehead atoms. The lowest BCUT2D eigenvalue weighted by Crippen LogP contribution is -2.63. The third-order valence-electron chi connectivity index (χ3n) is 3.50. The molecule has 0 aromatic heterocycles. The number of hydrogen-bond acceptors (Lipinski definition) is 0. The van der Waals surface area contributed by atoms with E-state index < -0.39 is 53.6 Å². The van der Waals surface area contributed by atoms with Crippen molar-refractivity contribution in [1.82, 2.24) is 0 Å².